The second kappa shape index (κ2) is 10.00. The van der Waals surface area contributed by atoms with Crippen LogP contribution in [0.25, 0.3) is 11.8 Å². The number of aromatic carboxylic acids is 1. The number of rotatable bonds is 6. The van der Waals surface area contributed by atoms with Crippen LogP contribution in [0.5, 0.6) is 5.75 Å². The van der Waals surface area contributed by atoms with Gasteiger partial charge >= 0.3 is 11.9 Å². The predicted molar refractivity (Wildman–Crippen MR) is 140 cm³/mol. The number of aromatic hydroxyl groups is 1. The standard InChI is InChI=1S/C26H22N2O6S2/c1-14-9-18(15(2)28(14)19-7-8-21(29)20(12-19)24(31)32)11-22-23(30)27(26(35)36-22)13-16-5-4-6-17(10-16)25(33)34-3/h4-12,29H,13H2,1-3H3,(H,31,32)/b22-11-. The van der Waals surface area contributed by atoms with E-state index in [1.54, 1.807) is 30.3 Å². The molecule has 1 saturated heterocycles. The molecular formula is C26H22N2O6S2. The molecule has 0 unspecified atom stereocenters. The number of carboxylic acid groups (broad SMARTS) is 1. The van der Waals surface area contributed by atoms with Crippen LogP contribution in [0.1, 0.15) is 43.2 Å². The van der Waals surface area contributed by atoms with Gasteiger partial charge in [0.25, 0.3) is 5.91 Å². The van der Waals surface area contributed by atoms with E-state index in [-0.39, 0.29) is 23.8 Å². The molecule has 1 aliphatic rings. The molecule has 1 fully saturated rings. The molecule has 1 amide bonds. The third-order valence-corrected chi connectivity index (χ3v) is 7.17. The molecule has 4 rings (SSSR count). The Morgan fingerprint density at radius 1 is 1.14 bits per heavy atom. The molecule has 0 aliphatic carbocycles. The summed E-state index contributed by atoms with van der Waals surface area (Å²) in [6.07, 6.45) is 1.77. The van der Waals surface area contributed by atoms with Gasteiger partial charge in [-0.15, -0.1) is 0 Å². The number of thiocarbonyl (C=S) groups is 1. The lowest BCUT2D eigenvalue weighted by Crippen LogP contribution is -2.27. The largest absolute Gasteiger partial charge is 0.507 e. The van der Waals surface area contributed by atoms with Crippen LogP contribution in [-0.4, -0.2) is 49.0 Å². The summed E-state index contributed by atoms with van der Waals surface area (Å²) in [6.45, 7) is 3.96. The highest BCUT2D eigenvalue weighted by Crippen LogP contribution is 2.35. The number of phenols is 1. The van der Waals surface area contributed by atoms with Gasteiger partial charge in [0.1, 0.15) is 15.6 Å². The van der Waals surface area contributed by atoms with Crippen molar-refractivity contribution in [1.29, 1.82) is 0 Å². The minimum Gasteiger partial charge on any atom is -0.507 e. The summed E-state index contributed by atoms with van der Waals surface area (Å²) < 4.78 is 7.03. The van der Waals surface area contributed by atoms with E-state index in [0.717, 1.165) is 22.5 Å². The van der Waals surface area contributed by atoms with Gasteiger partial charge in [0.2, 0.25) is 0 Å². The number of hydrogen-bond donors (Lipinski definition) is 2. The van der Waals surface area contributed by atoms with Gasteiger partial charge in [-0.1, -0.05) is 36.1 Å². The lowest BCUT2D eigenvalue weighted by molar-refractivity contribution is -0.122. The van der Waals surface area contributed by atoms with Gasteiger partial charge in [0, 0.05) is 17.1 Å². The number of nitrogens with zero attached hydrogens (tertiary/aromatic N) is 2. The fraction of sp³-hybridized carbons (Fsp3) is 0.154. The number of carboxylic acids is 1. The third kappa shape index (κ3) is 4.77. The van der Waals surface area contributed by atoms with Crippen LogP contribution in [0.15, 0.2) is 53.4 Å². The Morgan fingerprint density at radius 3 is 2.58 bits per heavy atom. The lowest BCUT2D eigenvalue weighted by atomic mass is 10.1. The Balaban J connectivity index is 1.62. The number of aryl methyl sites for hydroxylation is 1. The number of methoxy groups -OCH3 is 1. The molecule has 1 aromatic heterocycles. The summed E-state index contributed by atoms with van der Waals surface area (Å²) >= 11 is 6.66. The summed E-state index contributed by atoms with van der Waals surface area (Å²) in [4.78, 5) is 38.4. The van der Waals surface area contributed by atoms with Crippen LogP contribution in [0.4, 0.5) is 0 Å². The molecule has 3 aromatic rings. The van der Waals surface area contributed by atoms with Crippen molar-refractivity contribution in [2.75, 3.05) is 7.11 Å². The number of esters is 1. The molecule has 0 saturated carbocycles. The predicted octanol–water partition coefficient (Wildman–Crippen LogP) is 4.69. The number of hydrogen-bond acceptors (Lipinski definition) is 7. The minimum atomic E-state index is -1.22. The average Bonchev–Trinajstić information content (AvgIpc) is 3.27. The van der Waals surface area contributed by atoms with Crippen LogP contribution in [0.2, 0.25) is 0 Å². The fourth-order valence-corrected chi connectivity index (χ4v) is 5.29. The first-order valence-corrected chi connectivity index (χ1v) is 12.0. The molecule has 2 aromatic carbocycles. The zero-order valence-corrected chi connectivity index (χ0v) is 21.3. The Morgan fingerprint density at radius 2 is 1.89 bits per heavy atom. The molecular weight excluding hydrogens is 500 g/mol. The van der Waals surface area contributed by atoms with E-state index < -0.39 is 11.9 Å². The van der Waals surface area contributed by atoms with Gasteiger partial charge in [-0.2, -0.15) is 0 Å². The van der Waals surface area contributed by atoms with Crippen LogP contribution < -0.4 is 0 Å². The molecule has 1 aliphatic heterocycles. The highest BCUT2D eigenvalue weighted by atomic mass is 32.2. The van der Waals surface area contributed by atoms with Crippen molar-refractivity contribution in [3.05, 3.63) is 87.1 Å². The van der Waals surface area contributed by atoms with Crippen molar-refractivity contribution < 1.29 is 29.3 Å². The molecule has 8 nitrogen and oxygen atoms in total. The van der Waals surface area contributed by atoms with Crippen LogP contribution >= 0.6 is 24.0 Å². The summed E-state index contributed by atoms with van der Waals surface area (Å²) in [6, 6.07) is 13.1. The Bertz CT molecular complexity index is 1460. The van der Waals surface area contributed by atoms with Gasteiger partial charge in [-0.3, -0.25) is 9.69 Å². The van der Waals surface area contributed by atoms with E-state index in [1.165, 1.54) is 35.9 Å². The summed E-state index contributed by atoms with van der Waals surface area (Å²) in [5.74, 6) is -2.23. The molecule has 2 heterocycles. The average molecular weight is 523 g/mol. The molecule has 0 radical (unpaired) electrons. The molecule has 184 valence electrons. The van der Waals surface area contributed by atoms with E-state index in [9.17, 15) is 24.6 Å². The number of carbonyl (C=O) groups excluding carboxylic acids is 2. The molecule has 2 N–H and O–H groups in total. The number of ether oxygens (including phenoxy) is 1. The number of benzene rings is 2. The summed E-state index contributed by atoms with van der Waals surface area (Å²) in [5, 5.41) is 19.2. The smallest absolute Gasteiger partial charge is 0.339 e. The van der Waals surface area contributed by atoms with Crippen LogP contribution in [-0.2, 0) is 16.1 Å². The normalized spacial score (nSPS) is 14.5. The second-order valence-electron chi connectivity index (χ2n) is 8.13. The number of amides is 1. The SMILES string of the molecule is COC(=O)c1cccc(CN2C(=O)/C(=C/c3cc(C)n(-c4ccc(O)c(C(=O)O)c4)c3C)SC2=S)c1. The fourth-order valence-electron chi connectivity index (χ4n) is 4.04. The maximum absolute atomic E-state index is 13.2. The van der Waals surface area contributed by atoms with E-state index >= 15 is 0 Å². The first-order chi connectivity index (χ1) is 17.1. The number of aromatic nitrogens is 1. The molecule has 0 spiro atoms. The zero-order valence-electron chi connectivity index (χ0n) is 19.6. The van der Waals surface area contributed by atoms with Crippen molar-refractivity contribution in [3.8, 4) is 11.4 Å². The quantitative estimate of drug-likeness (QED) is 0.273. The highest BCUT2D eigenvalue weighted by Gasteiger charge is 2.32. The van der Waals surface area contributed by atoms with E-state index in [2.05, 4.69) is 0 Å². The topological polar surface area (TPSA) is 109 Å². The summed E-state index contributed by atoms with van der Waals surface area (Å²) in [7, 11) is 1.31. The zero-order chi connectivity index (χ0) is 26.1. The Labute approximate surface area is 216 Å². The van der Waals surface area contributed by atoms with Crippen molar-refractivity contribution in [1.82, 2.24) is 9.47 Å². The third-order valence-electron chi connectivity index (χ3n) is 5.79. The highest BCUT2D eigenvalue weighted by molar-refractivity contribution is 8.26. The monoisotopic (exact) mass is 522 g/mol. The van der Waals surface area contributed by atoms with Crippen molar-refractivity contribution in [3.63, 3.8) is 0 Å². The van der Waals surface area contributed by atoms with Gasteiger partial charge in [-0.05, 0) is 67.4 Å². The van der Waals surface area contributed by atoms with E-state index in [1.807, 2.05) is 30.5 Å². The van der Waals surface area contributed by atoms with Crippen molar-refractivity contribution >= 4 is 52.2 Å². The Hall–Kier alpha value is -3.89. The Kier molecular flexibility index (Phi) is 7.00. The number of thioether (sulfide) groups is 1. The lowest BCUT2D eigenvalue weighted by Gasteiger charge is -2.15. The minimum absolute atomic E-state index is 0.196. The first kappa shape index (κ1) is 25.2. The first-order valence-electron chi connectivity index (χ1n) is 10.8. The van der Waals surface area contributed by atoms with Crippen LogP contribution in [0, 0.1) is 13.8 Å². The maximum Gasteiger partial charge on any atom is 0.339 e. The van der Waals surface area contributed by atoms with Crippen molar-refractivity contribution in [2.45, 2.75) is 20.4 Å². The van der Waals surface area contributed by atoms with Crippen molar-refractivity contribution in [2.24, 2.45) is 0 Å². The van der Waals surface area contributed by atoms with E-state index in [0.29, 0.717) is 20.5 Å². The van der Waals surface area contributed by atoms with Gasteiger partial charge < -0.3 is 19.5 Å². The van der Waals surface area contributed by atoms with Gasteiger partial charge in [-0.25, -0.2) is 9.59 Å². The molecule has 10 heteroatoms. The molecule has 36 heavy (non-hydrogen) atoms. The van der Waals surface area contributed by atoms with E-state index in [4.69, 9.17) is 17.0 Å². The van der Waals surface area contributed by atoms with Gasteiger partial charge in [0.15, 0.2) is 0 Å². The maximum atomic E-state index is 13.2. The van der Waals surface area contributed by atoms with Gasteiger partial charge in [0.05, 0.1) is 24.1 Å². The molecule has 0 bridgehead atoms. The molecule has 0 atom stereocenters. The van der Waals surface area contributed by atoms with Crippen LogP contribution in [0.3, 0.4) is 0 Å². The summed E-state index contributed by atoms with van der Waals surface area (Å²) in [5.41, 5.74) is 3.93. The second-order valence-corrected chi connectivity index (χ2v) is 9.80. The number of carbonyl (C=O) groups is 3.